The van der Waals surface area contributed by atoms with Crippen LogP contribution in [0.25, 0.3) is 0 Å². The van der Waals surface area contributed by atoms with Crippen LogP contribution in [-0.4, -0.2) is 19.0 Å². The molecule has 1 amide bonds. The number of amides is 1. The zero-order valence-electron chi connectivity index (χ0n) is 11.9. The molecule has 1 aliphatic carbocycles. The molecular weight excluding hydrogens is 236 g/mol. The summed E-state index contributed by atoms with van der Waals surface area (Å²) in [7, 11) is 1.66. The molecule has 0 spiro atoms. The fraction of sp³-hybridized carbons (Fsp3) is 0.562. The number of carbonyl (C=O) groups is 1. The normalized spacial score (nSPS) is 22.8. The van der Waals surface area contributed by atoms with Crippen LogP contribution in [-0.2, 0) is 0 Å². The van der Waals surface area contributed by atoms with Crippen molar-refractivity contribution in [2.24, 2.45) is 5.92 Å². The summed E-state index contributed by atoms with van der Waals surface area (Å²) in [6.07, 6.45) is 6.43. The van der Waals surface area contributed by atoms with E-state index in [1.165, 1.54) is 32.1 Å². The topological polar surface area (TPSA) is 41.1 Å². The number of hydrogen-bond acceptors (Lipinski definition) is 2. The minimum Gasteiger partial charge on any atom is -0.382 e. The maximum Gasteiger partial charge on any atom is 0.251 e. The van der Waals surface area contributed by atoms with E-state index in [0.717, 1.165) is 17.2 Å². The summed E-state index contributed by atoms with van der Waals surface area (Å²) in [6, 6.07) is 8.31. The van der Waals surface area contributed by atoms with Gasteiger partial charge in [0.2, 0.25) is 0 Å². The molecule has 0 bridgehead atoms. The molecule has 0 radical (unpaired) electrons. The first kappa shape index (κ1) is 13.9. The van der Waals surface area contributed by atoms with Crippen LogP contribution >= 0.6 is 0 Å². The van der Waals surface area contributed by atoms with Crippen LogP contribution < -0.4 is 10.6 Å². The van der Waals surface area contributed by atoms with Crippen molar-refractivity contribution in [1.82, 2.24) is 5.32 Å². The summed E-state index contributed by atoms with van der Waals surface area (Å²) in [4.78, 5) is 11.6. The quantitative estimate of drug-likeness (QED) is 0.871. The molecular formula is C16H24N2O. The molecule has 0 aliphatic heterocycles. The van der Waals surface area contributed by atoms with E-state index in [1.807, 2.05) is 24.3 Å². The molecule has 1 aliphatic rings. The molecule has 3 heteroatoms. The largest absolute Gasteiger partial charge is 0.382 e. The molecule has 1 fully saturated rings. The van der Waals surface area contributed by atoms with E-state index in [9.17, 15) is 4.79 Å². The summed E-state index contributed by atoms with van der Waals surface area (Å²) in [5.74, 6) is 0.883. The molecule has 104 valence electrons. The molecule has 0 aromatic heterocycles. The maximum atomic E-state index is 11.6. The third kappa shape index (κ3) is 3.72. The number of nitrogens with one attached hydrogen (secondary N) is 2. The first-order valence-electron chi connectivity index (χ1n) is 7.31. The smallest absolute Gasteiger partial charge is 0.251 e. The van der Waals surface area contributed by atoms with Gasteiger partial charge in [-0.3, -0.25) is 4.79 Å². The fourth-order valence-corrected chi connectivity index (χ4v) is 2.85. The van der Waals surface area contributed by atoms with Crippen molar-refractivity contribution in [3.63, 3.8) is 0 Å². The van der Waals surface area contributed by atoms with Gasteiger partial charge in [-0.05, 0) is 49.8 Å². The predicted octanol–water partition coefficient (Wildman–Crippen LogP) is 3.43. The second kappa shape index (κ2) is 6.60. The van der Waals surface area contributed by atoms with E-state index < -0.39 is 0 Å². The van der Waals surface area contributed by atoms with E-state index in [0.29, 0.717) is 6.04 Å². The first-order chi connectivity index (χ1) is 9.22. The Balaban J connectivity index is 1.94. The van der Waals surface area contributed by atoms with E-state index in [1.54, 1.807) is 7.05 Å². The lowest BCUT2D eigenvalue weighted by Crippen LogP contribution is -2.26. The SMILES string of the molecule is CCC1CCC(Nc2cccc(C(=O)NC)c2)CC1. The molecule has 0 saturated heterocycles. The second-order valence-corrected chi connectivity index (χ2v) is 5.43. The monoisotopic (exact) mass is 260 g/mol. The van der Waals surface area contributed by atoms with Gasteiger partial charge < -0.3 is 10.6 Å². The van der Waals surface area contributed by atoms with Crippen LogP contribution in [0.15, 0.2) is 24.3 Å². The molecule has 3 nitrogen and oxygen atoms in total. The Bertz CT molecular complexity index is 423. The maximum absolute atomic E-state index is 11.6. The molecule has 2 rings (SSSR count). The highest BCUT2D eigenvalue weighted by atomic mass is 16.1. The van der Waals surface area contributed by atoms with Crippen molar-refractivity contribution in [2.45, 2.75) is 45.1 Å². The van der Waals surface area contributed by atoms with Gasteiger partial charge in [0.1, 0.15) is 0 Å². The van der Waals surface area contributed by atoms with Crippen molar-refractivity contribution in [3.05, 3.63) is 29.8 Å². The Morgan fingerprint density at radius 3 is 2.63 bits per heavy atom. The molecule has 0 unspecified atom stereocenters. The summed E-state index contributed by atoms with van der Waals surface area (Å²) in [5, 5.41) is 6.22. The van der Waals surface area contributed by atoms with Gasteiger partial charge >= 0.3 is 0 Å². The summed E-state index contributed by atoms with van der Waals surface area (Å²) < 4.78 is 0. The van der Waals surface area contributed by atoms with Crippen molar-refractivity contribution in [1.29, 1.82) is 0 Å². The van der Waals surface area contributed by atoms with Gasteiger partial charge in [-0.15, -0.1) is 0 Å². The zero-order valence-corrected chi connectivity index (χ0v) is 11.9. The van der Waals surface area contributed by atoms with Crippen molar-refractivity contribution in [3.8, 4) is 0 Å². The molecule has 1 aromatic rings. The van der Waals surface area contributed by atoms with Crippen molar-refractivity contribution >= 4 is 11.6 Å². The summed E-state index contributed by atoms with van der Waals surface area (Å²) >= 11 is 0. The average Bonchev–Trinajstić information content (AvgIpc) is 2.47. The summed E-state index contributed by atoms with van der Waals surface area (Å²) in [5.41, 5.74) is 1.77. The van der Waals surface area contributed by atoms with Gasteiger partial charge in [0.15, 0.2) is 0 Å². The van der Waals surface area contributed by atoms with Crippen LogP contribution in [0.3, 0.4) is 0 Å². The highest BCUT2D eigenvalue weighted by Gasteiger charge is 2.19. The number of rotatable bonds is 4. The molecule has 1 saturated carbocycles. The predicted molar refractivity (Wildman–Crippen MR) is 79.5 cm³/mol. The third-order valence-corrected chi connectivity index (χ3v) is 4.15. The van der Waals surface area contributed by atoms with E-state index in [2.05, 4.69) is 17.6 Å². The second-order valence-electron chi connectivity index (χ2n) is 5.43. The Labute approximate surface area is 115 Å². The van der Waals surface area contributed by atoms with Gasteiger partial charge in [0.25, 0.3) is 5.91 Å². The van der Waals surface area contributed by atoms with Crippen LogP contribution in [0.1, 0.15) is 49.4 Å². The van der Waals surface area contributed by atoms with E-state index in [-0.39, 0.29) is 5.91 Å². The number of carbonyl (C=O) groups excluding carboxylic acids is 1. The average molecular weight is 260 g/mol. The fourth-order valence-electron chi connectivity index (χ4n) is 2.85. The third-order valence-electron chi connectivity index (χ3n) is 4.15. The van der Waals surface area contributed by atoms with Gasteiger partial charge in [-0.25, -0.2) is 0 Å². The van der Waals surface area contributed by atoms with Gasteiger partial charge in [-0.1, -0.05) is 19.4 Å². The minimum absolute atomic E-state index is 0.0293. The Hall–Kier alpha value is -1.51. The highest BCUT2D eigenvalue weighted by molar-refractivity contribution is 5.94. The summed E-state index contributed by atoms with van der Waals surface area (Å²) in [6.45, 7) is 2.28. The molecule has 2 N–H and O–H groups in total. The standard InChI is InChI=1S/C16H24N2O/c1-3-12-7-9-14(10-8-12)18-15-6-4-5-13(11-15)16(19)17-2/h4-6,11-12,14,18H,3,7-10H2,1-2H3,(H,17,19). The Morgan fingerprint density at radius 1 is 1.26 bits per heavy atom. The lowest BCUT2D eigenvalue weighted by atomic mass is 9.84. The van der Waals surface area contributed by atoms with E-state index >= 15 is 0 Å². The highest BCUT2D eigenvalue weighted by Crippen LogP contribution is 2.28. The number of anilines is 1. The number of hydrogen-bond donors (Lipinski definition) is 2. The van der Waals surface area contributed by atoms with Crippen LogP contribution in [0.4, 0.5) is 5.69 Å². The number of benzene rings is 1. The molecule has 19 heavy (non-hydrogen) atoms. The lowest BCUT2D eigenvalue weighted by Gasteiger charge is -2.29. The van der Waals surface area contributed by atoms with Crippen molar-refractivity contribution < 1.29 is 4.79 Å². The Kier molecular flexibility index (Phi) is 4.83. The van der Waals surface area contributed by atoms with E-state index in [4.69, 9.17) is 0 Å². The minimum atomic E-state index is -0.0293. The first-order valence-corrected chi connectivity index (χ1v) is 7.31. The zero-order chi connectivity index (χ0) is 13.7. The van der Waals surface area contributed by atoms with Crippen LogP contribution in [0.5, 0.6) is 0 Å². The lowest BCUT2D eigenvalue weighted by molar-refractivity contribution is 0.0963. The van der Waals surface area contributed by atoms with Gasteiger partial charge in [0, 0.05) is 24.3 Å². The molecule has 0 atom stereocenters. The van der Waals surface area contributed by atoms with Crippen LogP contribution in [0.2, 0.25) is 0 Å². The Morgan fingerprint density at radius 2 is 2.00 bits per heavy atom. The molecule has 0 heterocycles. The van der Waals surface area contributed by atoms with Gasteiger partial charge in [-0.2, -0.15) is 0 Å². The molecule has 1 aromatic carbocycles. The van der Waals surface area contributed by atoms with Crippen LogP contribution in [0, 0.1) is 5.92 Å². The van der Waals surface area contributed by atoms with Gasteiger partial charge in [0.05, 0.1) is 0 Å². The van der Waals surface area contributed by atoms with Crippen molar-refractivity contribution in [2.75, 3.05) is 12.4 Å².